The number of anilines is 1. The molecule has 3 aromatic rings. The number of benzene rings is 2. The predicted octanol–water partition coefficient (Wildman–Crippen LogP) is 4.01. The zero-order valence-electron chi connectivity index (χ0n) is 14.2. The van der Waals surface area contributed by atoms with Crippen molar-refractivity contribution in [3.63, 3.8) is 0 Å². The van der Waals surface area contributed by atoms with E-state index in [2.05, 4.69) is 39.8 Å². The van der Waals surface area contributed by atoms with Crippen molar-refractivity contribution < 1.29 is 4.74 Å². The largest absolute Gasteiger partial charge is 0.380 e. The number of nitrogens with one attached hydrogen (secondary N) is 1. The highest BCUT2D eigenvalue weighted by molar-refractivity contribution is 5.99. The fourth-order valence-corrected chi connectivity index (χ4v) is 2.74. The number of rotatable bonds is 5. The fourth-order valence-electron chi connectivity index (χ4n) is 2.74. The molecule has 0 bridgehead atoms. The van der Waals surface area contributed by atoms with Crippen LogP contribution in [0, 0.1) is 18.3 Å². The van der Waals surface area contributed by atoms with E-state index >= 15 is 0 Å². The minimum absolute atomic E-state index is 0.355. The molecule has 3 rings (SSSR count). The molecule has 0 spiro atoms. The van der Waals surface area contributed by atoms with Gasteiger partial charge < -0.3 is 4.74 Å². The molecule has 0 atom stereocenters. The van der Waals surface area contributed by atoms with Crippen LogP contribution in [-0.4, -0.2) is 18.3 Å². The van der Waals surface area contributed by atoms with Crippen molar-refractivity contribution in [1.29, 1.82) is 5.26 Å². The first-order valence-electron chi connectivity index (χ1n) is 7.89. The van der Waals surface area contributed by atoms with Crippen molar-refractivity contribution >= 4 is 22.8 Å². The van der Waals surface area contributed by atoms with Gasteiger partial charge in [0.1, 0.15) is 11.6 Å². The Balaban J connectivity index is 1.91. The highest BCUT2D eigenvalue weighted by Crippen LogP contribution is 2.20. The molecule has 2 aromatic carbocycles. The van der Waals surface area contributed by atoms with E-state index in [4.69, 9.17) is 4.74 Å². The van der Waals surface area contributed by atoms with E-state index in [0.717, 1.165) is 27.6 Å². The molecular formula is C20H18N4O. The highest BCUT2D eigenvalue weighted by Gasteiger charge is 2.10. The van der Waals surface area contributed by atoms with Crippen molar-refractivity contribution in [3.8, 4) is 6.07 Å². The third-order valence-corrected chi connectivity index (χ3v) is 3.84. The first kappa shape index (κ1) is 16.6. The van der Waals surface area contributed by atoms with Crippen molar-refractivity contribution in [2.75, 3.05) is 12.5 Å². The maximum atomic E-state index is 9.44. The number of methoxy groups -OCH3 is 1. The van der Waals surface area contributed by atoms with E-state index in [1.165, 1.54) is 0 Å². The van der Waals surface area contributed by atoms with E-state index in [1.54, 1.807) is 13.3 Å². The van der Waals surface area contributed by atoms with Crippen molar-refractivity contribution in [3.05, 3.63) is 70.9 Å². The number of ether oxygens (including phenoxy) is 1. The van der Waals surface area contributed by atoms with Crippen LogP contribution in [0.1, 0.15) is 22.4 Å². The van der Waals surface area contributed by atoms with Gasteiger partial charge in [0.05, 0.1) is 12.8 Å². The van der Waals surface area contributed by atoms with Crippen LogP contribution >= 0.6 is 0 Å². The zero-order valence-corrected chi connectivity index (χ0v) is 14.2. The molecule has 0 aliphatic rings. The van der Waals surface area contributed by atoms with Gasteiger partial charge in [-0.3, -0.25) is 5.43 Å². The normalized spacial score (nSPS) is 10.9. The Bertz CT molecular complexity index is 968. The van der Waals surface area contributed by atoms with E-state index in [9.17, 15) is 5.26 Å². The van der Waals surface area contributed by atoms with Gasteiger partial charge in [-0.25, -0.2) is 4.98 Å². The Morgan fingerprint density at radius 3 is 2.84 bits per heavy atom. The molecule has 0 aliphatic heterocycles. The second-order valence-corrected chi connectivity index (χ2v) is 5.63. The number of aryl methyl sites for hydroxylation is 1. The Labute approximate surface area is 146 Å². The predicted molar refractivity (Wildman–Crippen MR) is 99.6 cm³/mol. The first-order valence-corrected chi connectivity index (χ1v) is 7.89. The van der Waals surface area contributed by atoms with Crippen molar-refractivity contribution in [1.82, 2.24) is 4.98 Å². The molecule has 1 heterocycles. The van der Waals surface area contributed by atoms with Gasteiger partial charge in [0, 0.05) is 23.9 Å². The average molecular weight is 330 g/mol. The number of aromatic nitrogens is 1. The zero-order chi connectivity index (χ0) is 17.6. The van der Waals surface area contributed by atoms with Crippen LogP contribution in [0.15, 0.2) is 53.6 Å². The summed E-state index contributed by atoms with van der Waals surface area (Å²) >= 11 is 0. The number of hydrogen-bond acceptors (Lipinski definition) is 5. The first-order chi connectivity index (χ1) is 12.2. The van der Waals surface area contributed by atoms with Gasteiger partial charge >= 0.3 is 0 Å². The Hall–Kier alpha value is -3.23. The Morgan fingerprint density at radius 1 is 1.24 bits per heavy atom. The summed E-state index contributed by atoms with van der Waals surface area (Å²) in [6.45, 7) is 2.23. The van der Waals surface area contributed by atoms with E-state index in [1.807, 2.05) is 37.3 Å². The number of pyridine rings is 1. The third-order valence-electron chi connectivity index (χ3n) is 3.84. The molecule has 124 valence electrons. The van der Waals surface area contributed by atoms with Gasteiger partial charge in [-0.05, 0) is 23.8 Å². The average Bonchev–Trinajstić information content (AvgIpc) is 2.62. The summed E-state index contributed by atoms with van der Waals surface area (Å²) in [7, 11) is 1.60. The maximum absolute atomic E-state index is 9.44. The van der Waals surface area contributed by atoms with Crippen molar-refractivity contribution in [2.45, 2.75) is 13.5 Å². The molecule has 0 saturated carbocycles. The smallest absolute Gasteiger partial charge is 0.164 e. The minimum Gasteiger partial charge on any atom is -0.380 e. The van der Waals surface area contributed by atoms with Gasteiger partial charge in [0.2, 0.25) is 0 Å². The number of nitrogens with zero attached hydrogens (tertiary/aromatic N) is 3. The molecule has 0 fully saturated rings. The molecule has 0 radical (unpaired) electrons. The number of hydrogen-bond donors (Lipinski definition) is 1. The molecule has 25 heavy (non-hydrogen) atoms. The lowest BCUT2D eigenvalue weighted by atomic mass is 10.1. The van der Waals surface area contributed by atoms with Crippen LogP contribution in [0.2, 0.25) is 0 Å². The monoisotopic (exact) mass is 330 g/mol. The summed E-state index contributed by atoms with van der Waals surface area (Å²) in [5.74, 6) is 0.436. The maximum Gasteiger partial charge on any atom is 0.164 e. The van der Waals surface area contributed by atoms with Crippen LogP contribution in [0.4, 0.5) is 5.82 Å². The second kappa shape index (κ2) is 7.56. The van der Waals surface area contributed by atoms with E-state index in [-0.39, 0.29) is 0 Å². The van der Waals surface area contributed by atoms with Crippen LogP contribution in [0.5, 0.6) is 0 Å². The molecule has 0 saturated heterocycles. The third kappa shape index (κ3) is 3.65. The minimum atomic E-state index is 0.355. The second-order valence-electron chi connectivity index (χ2n) is 5.63. The van der Waals surface area contributed by atoms with Gasteiger partial charge in [0.15, 0.2) is 5.82 Å². The van der Waals surface area contributed by atoms with Crippen molar-refractivity contribution in [2.24, 2.45) is 5.10 Å². The Kier molecular flexibility index (Phi) is 5.03. The lowest BCUT2D eigenvalue weighted by molar-refractivity contribution is 0.184. The molecule has 1 N–H and O–H groups in total. The molecule has 0 unspecified atom stereocenters. The van der Waals surface area contributed by atoms with Gasteiger partial charge in [-0.15, -0.1) is 0 Å². The summed E-state index contributed by atoms with van der Waals surface area (Å²) in [5.41, 5.74) is 5.93. The summed E-state index contributed by atoms with van der Waals surface area (Å²) in [6, 6.07) is 18.2. The lowest BCUT2D eigenvalue weighted by Crippen LogP contribution is -2.03. The van der Waals surface area contributed by atoms with Gasteiger partial charge in [0.25, 0.3) is 0 Å². The van der Waals surface area contributed by atoms with E-state index < -0.39 is 0 Å². The summed E-state index contributed by atoms with van der Waals surface area (Å²) in [5, 5.41) is 16.0. The van der Waals surface area contributed by atoms with Crippen LogP contribution in [0.25, 0.3) is 10.8 Å². The van der Waals surface area contributed by atoms with Gasteiger partial charge in [-0.2, -0.15) is 10.4 Å². The van der Waals surface area contributed by atoms with Crippen LogP contribution in [0.3, 0.4) is 0 Å². The van der Waals surface area contributed by atoms with Crippen LogP contribution < -0.4 is 5.43 Å². The highest BCUT2D eigenvalue weighted by atomic mass is 16.5. The molecule has 0 amide bonds. The Morgan fingerprint density at radius 2 is 2.04 bits per heavy atom. The fraction of sp³-hybridized carbons (Fsp3) is 0.150. The summed E-state index contributed by atoms with van der Waals surface area (Å²) < 4.78 is 5.16. The number of nitriles is 1. The SMILES string of the molecule is COCc1cc(C)nc(N/N=C\c2cccc3ccccc23)c1C#N. The molecule has 1 aromatic heterocycles. The standard InChI is InChI=1S/C20H18N4O/c1-14-10-17(13-25-2)19(11-21)20(23-14)24-22-12-16-8-5-7-15-6-3-4-9-18(15)16/h3-10,12H,13H2,1-2H3,(H,23,24)/b22-12-. The number of fused-ring (bicyclic) bond motifs is 1. The van der Waals surface area contributed by atoms with Gasteiger partial charge in [-0.1, -0.05) is 42.5 Å². The topological polar surface area (TPSA) is 70.3 Å². The quantitative estimate of drug-likeness (QED) is 0.567. The van der Waals surface area contributed by atoms with E-state index in [0.29, 0.717) is 18.0 Å². The molecule has 5 heteroatoms. The lowest BCUT2D eigenvalue weighted by Gasteiger charge is -2.09. The summed E-state index contributed by atoms with van der Waals surface area (Å²) in [4.78, 5) is 4.38. The molecule has 0 aliphatic carbocycles. The summed E-state index contributed by atoms with van der Waals surface area (Å²) in [6.07, 6.45) is 1.74. The van der Waals surface area contributed by atoms with Crippen LogP contribution in [-0.2, 0) is 11.3 Å². The molecule has 5 nitrogen and oxygen atoms in total. The molecular weight excluding hydrogens is 312 g/mol. The number of hydrazone groups is 1.